The van der Waals surface area contributed by atoms with Gasteiger partial charge in [-0.05, 0) is 23.8 Å². The molecule has 0 heterocycles. The van der Waals surface area contributed by atoms with Crippen LogP contribution >= 0.6 is 15.9 Å². The largest absolute Gasteiger partial charge is 0.340 e. The summed E-state index contributed by atoms with van der Waals surface area (Å²) in [5.41, 5.74) is 0.623. The van der Waals surface area contributed by atoms with Crippen LogP contribution in [0.15, 0.2) is 53.0 Å². The number of hydrogen-bond donors (Lipinski definition) is 2. The molecule has 0 unspecified atom stereocenters. The smallest absolute Gasteiger partial charge is 0.313 e. The molecule has 0 saturated heterocycles. The van der Waals surface area contributed by atoms with Gasteiger partial charge in [0.25, 0.3) is 0 Å². The van der Waals surface area contributed by atoms with Crippen LogP contribution in [-0.2, 0) is 20.4 Å². The molecule has 0 bridgehead atoms. The SMILES string of the molecule is C[S@](=O)C[C@H](NC(=O)C(=O)Nc1cc(Br)ccc1F)c1ccccc1. The average molecular weight is 427 g/mol. The van der Waals surface area contributed by atoms with Crippen molar-refractivity contribution in [2.45, 2.75) is 6.04 Å². The van der Waals surface area contributed by atoms with Gasteiger partial charge in [-0.15, -0.1) is 0 Å². The summed E-state index contributed by atoms with van der Waals surface area (Å²) in [4.78, 5) is 24.2. The van der Waals surface area contributed by atoms with E-state index in [0.717, 1.165) is 5.56 Å². The van der Waals surface area contributed by atoms with Crippen LogP contribution < -0.4 is 10.6 Å². The van der Waals surface area contributed by atoms with Crippen LogP contribution in [0.25, 0.3) is 0 Å². The van der Waals surface area contributed by atoms with Crippen molar-refractivity contribution in [2.75, 3.05) is 17.3 Å². The number of carbonyl (C=O) groups is 2. The molecule has 2 amide bonds. The van der Waals surface area contributed by atoms with E-state index in [0.29, 0.717) is 4.47 Å². The monoisotopic (exact) mass is 426 g/mol. The van der Waals surface area contributed by atoms with Crippen LogP contribution in [0.5, 0.6) is 0 Å². The van der Waals surface area contributed by atoms with Gasteiger partial charge in [0.05, 0.1) is 11.7 Å². The predicted octanol–water partition coefficient (Wildman–Crippen LogP) is 2.76. The van der Waals surface area contributed by atoms with E-state index in [1.807, 2.05) is 6.07 Å². The molecule has 0 aromatic heterocycles. The number of hydrogen-bond acceptors (Lipinski definition) is 3. The third-order valence-corrected chi connectivity index (χ3v) is 4.59. The first-order valence-corrected chi connectivity index (χ1v) is 9.80. The molecule has 25 heavy (non-hydrogen) atoms. The van der Waals surface area contributed by atoms with Crippen molar-refractivity contribution in [2.24, 2.45) is 0 Å². The molecule has 2 N–H and O–H groups in total. The zero-order valence-electron chi connectivity index (χ0n) is 13.3. The average Bonchev–Trinajstić information content (AvgIpc) is 2.57. The molecule has 0 spiro atoms. The fourth-order valence-corrected chi connectivity index (χ4v) is 3.24. The van der Waals surface area contributed by atoms with Crippen molar-refractivity contribution in [1.29, 1.82) is 0 Å². The molecule has 0 aliphatic heterocycles. The lowest BCUT2D eigenvalue weighted by Gasteiger charge is -2.18. The third-order valence-electron chi connectivity index (χ3n) is 3.29. The second-order valence-corrected chi connectivity index (χ2v) is 7.65. The van der Waals surface area contributed by atoms with Gasteiger partial charge in [-0.3, -0.25) is 13.8 Å². The van der Waals surface area contributed by atoms with Gasteiger partial charge in [-0.1, -0.05) is 46.3 Å². The number of anilines is 1. The topological polar surface area (TPSA) is 75.3 Å². The summed E-state index contributed by atoms with van der Waals surface area (Å²) in [6, 6.07) is 12.3. The lowest BCUT2D eigenvalue weighted by molar-refractivity contribution is -0.136. The molecule has 0 saturated carbocycles. The second-order valence-electron chi connectivity index (χ2n) is 5.25. The van der Waals surface area contributed by atoms with Gasteiger partial charge in [0.15, 0.2) is 0 Å². The van der Waals surface area contributed by atoms with Crippen molar-refractivity contribution in [1.82, 2.24) is 5.32 Å². The number of benzene rings is 2. The van der Waals surface area contributed by atoms with Gasteiger partial charge >= 0.3 is 11.8 Å². The van der Waals surface area contributed by atoms with E-state index in [-0.39, 0.29) is 11.4 Å². The molecule has 2 aromatic carbocycles. The summed E-state index contributed by atoms with van der Waals surface area (Å²) in [6.45, 7) is 0. The first-order chi connectivity index (χ1) is 11.9. The van der Waals surface area contributed by atoms with Gasteiger partial charge in [0.2, 0.25) is 0 Å². The molecule has 8 heteroatoms. The van der Waals surface area contributed by atoms with Crippen molar-refractivity contribution < 1.29 is 18.2 Å². The lowest BCUT2D eigenvalue weighted by Crippen LogP contribution is -2.39. The molecule has 0 aliphatic rings. The molecule has 0 fully saturated rings. The maximum absolute atomic E-state index is 13.7. The summed E-state index contributed by atoms with van der Waals surface area (Å²) in [5, 5.41) is 4.77. The number of amides is 2. The summed E-state index contributed by atoms with van der Waals surface area (Å²) >= 11 is 3.17. The van der Waals surface area contributed by atoms with Crippen molar-refractivity contribution in [3.8, 4) is 0 Å². The van der Waals surface area contributed by atoms with Crippen LogP contribution in [-0.4, -0.2) is 28.0 Å². The fourth-order valence-electron chi connectivity index (χ4n) is 2.14. The quantitative estimate of drug-likeness (QED) is 0.721. The van der Waals surface area contributed by atoms with Gasteiger partial charge in [0, 0.05) is 27.3 Å². The van der Waals surface area contributed by atoms with Crippen molar-refractivity contribution in [3.63, 3.8) is 0 Å². The zero-order chi connectivity index (χ0) is 18.4. The Hall–Kier alpha value is -2.06. The van der Waals surface area contributed by atoms with Gasteiger partial charge < -0.3 is 10.6 Å². The normalized spacial score (nSPS) is 12.9. The minimum atomic E-state index is -1.18. The third kappa shape index (κ3) is 5.75. The Balaban J connectivity index is 2.10. The molecule has 5 nitrogen and oxygen atoms in total. The van der Waals surface area contributed by atoms with E-state index in [1.54, 1.807) is 24.3 Å². The summed E-state index contributed by atoms with van der Waals surface area (Å²) in [6.07, 6.45) is 1.51. The van der Waals surface area contributed by atoms with Gasteiger partial charge in [-0.2, -0.15) is 0 Å². The Kier molecular flexibility index (Phi) is 6.83. The van der Waals surface area contributed by atoms with E-state index in [9.17, 15) is 18.2 Å². The molecule has 132 valence electrons. The van der Waals surface area contributed by atoms with Crippen molar-refractivity contribution in [3.05, 3.63) is 64.4 Å². The molecule has 2 atom stereocenters. The number of rotatable bonds is 5. The number of halogens is 2. The zero-order valence-corrected chi connectivity index (χ0v) is 15.7. The Labute approximate surface area is 155 Å². The van der Waals surface area contributed by atoms with E-state index in [1.165, 1.54) is 24.5 Å². The standard InChI is InChI=1S/C17H16BrFN2O3S/c1-25(24)10-15(11-5-3-2-4-6-11)21-17(23)16(22)20-14-9-12(18)7-8-13(14)19/h2-9,15H,10H2,1H3,(H,20,22)(H,21,23)/t15-,25-/m0/s1. The fraction of sp³-hybridized carbons (Fsp3) is 0.176. The highest BCUT2D eigenvalue weighted by atomic mass is 79.9. The number of nitrogens with one attached hydrogen (secondary N) is 2. The predicted molar refractivity (Wildman–Crippen MR) is 99.0 cm³/mol. The maximum Gasteiger partial charge on any atom is 0.313 e. The molecule has 2 rings (SSSR count). The number of carbonyl (C=O) groups excluding carboxylic acids is 2. The minimum absolute atomic E-state index is 0.107. The van der Waals surface area contributed by atoms with Gasteiger partial charge in [-0.25, -0.2) is 4.39 Å². The Morgan fingerprint density at radius 1 is 1.16 bits per heavy atom. The van der Waals surface area contributed by atoms with E-state index in [4.69, 9.17) is 0 Å². The highest BCUT2D eigenvalue weighted by Gasteiger charge is 2.21. The molecular formula is C17H16BrFN2O3S. The summed E-state index contributed by atoms with van der Waals surface area (Å²) in [5.74, 6) is -2.43. The van der Waals surface area contributed by atoms with Gasteiger partial charge in [0.1, 0.15) is 5.82 Å². The van der Waals surface area contributed by atoms with E-state index >= 15 is 0 Å². The Morgan fingerprint density at radius 3 is 2.48 bits per heavy atom. The minimum Gasteiger partial charge on any atom is -0.340 e. The summed E-state index contributed by atoms with van der Waals surface area (Å²) < 4.78 is 25.8. The first kappa shape index (κ1) is 19.3. The van der Waals surface area contributed by atoms with E-state index in [2.05, 4.69) is 26.6 Å². The molecule has 2 aromatic rings. The van der Waals surface area contributed by atoms with Crippen molar-refractivity contribution >= 4 is 44.2 Å². The molecule has 0 radical (unpaired) electrons. The van der Waals surface area contributed by atoms with Crippen LogP contribution in [0.1, 0.15) is 11.6 Å². The lowest BCUT2D eigenvalue weighted by atomic mass is 10.1. The molecular weight excluding hydrogens is 411 g/mol. The molecule has 0 aliphatic carbocycles. The Bertz CT molecular complexity index is 802. The first-order valence-electron chi connectivity index (χ1n) is 7.28. The Morgan fingerprint density at radius 2 is 1.84 bits per heavy atom. The van der Waals surface area contributed by atoms with Crippen LogP contribution in [0.2, 0.25) is 0 Å². The van der Waals surface area contributed by atoms with E-state index < -0.39 is 34.5 Å². The highest BCUT2D eigenvalue weighted by molar-refractivity contribution is 9.10. The van der Waals surface area contributed by atoms with Crippen LogP contribution in [0.4, 0.5) is 10.1 Å². The summed E-state index contributed by atoms with van der Waals surface area (Å²) in [7, 11) is -1.18. The van der Waals surface area contributed by atoms with Crippen LogP contribution in [0.3, 0.4) is 0 Å². The second kappa shape index (κ2) is 8.87. The van der Waals surface area contributed by atoms with Crippen LogP contribution in [0, 0.1) is 5.82 Å². The maximum atomic E-state index is 13.7. The highest BCUT2D eigenvalue weighted by Crippen LogP contribution is 2.20.